The van der Waals surface area contributed by atoms with Crippen molar-refractivity contribution in [1.29, 1.82) is 0 Å². The van der Waals surface area contributed by atoms with Crippen LogP contribution in [-0.2, 0) is 23.4 Å². The lowest BCUT2D eigenvalue weighted by molar-refractivity contribution is -0.149. The number of nitrogens with zero attached hydrogens (tertiary/aromatic N) is 2. The number of para-hydroxylation sites is 1. The van der Waals surface area contributed by atoms with Crippen molar-refractivity contribution >= 4 is 35.6 Å². The Labute approximate surface area is 232 Å². The minimum Gasteiger partial charge on any atom is -0.462 e. The van der Waals surface area contributed by atoms with E-state index in [0.29, 0.717) is 0 Å². The zero-order valence-corrected chi connectivity index (χ0v) is 23.9. The maximum absolute atomic E-state index is 15.5. The molecule has 0 saturated carbocycles. The SMILES string of the molecule is CC(C)OC(=O)[C@@H](C)NP(=O)(OC[C@H]1O[C@@H](Oc2ncc(Br)nc2C(N)=O)[C@](C)(F)[C@@H]1O)Oc1ccccc1. The molecule has 1 fully saturated rings. The lowest BCUT2D eigenvalue weighted by Gasteiger charge is -2.25. The lowest BCUT2D eigenvalue weighted by atomic mass is 10.00. The second kappa shape index (κ2) is 12.7. The number of amides is 1. The van der Waals surface area contributed by atoms with E-state index < -0.39 is 74.1 Å². The van der Waals surface area contributed by atoms with Crippen molar-refractivity contribution in [2.24, 2.45) is 5.73 Å². The molecule has 3 rings (SSSR count). The molecule has 1 aromatic heterocycles. The van der Waals surface area contributed by atoms with Crippen molar-refractivity contribution in [3.8, 4) is 11.6 Å². The van der Waals surface area contributed by atoms with E-state index in [9.17, 15) is 19.3 Å². The van der Waals surface area contributed by atoms with Gasteiger partial charge in [0.2, 0.25) is 12.2 Å². The monoisotopic (exact) mass is 634 g/mol. The van der Waals surface area contributed by atoms with Gasteiger partial charge in [-0.05, 0) is 55.8 Å². The summed E-state index contributed by atoms with van der Waals surface area (Å²) in [6, 6.07) is 6.85. The molecule has 1 aliphatic heterocycles. The Morgan fingerprint density at radius 2 is 1.97 bits per heavy atom. The van der Waals surface area contributed by atoms with E-state index in [1.807, 2.05) is 0 Å². The number of hydrogen-bond acceptors (Lipinski definition) is 11. The van der Waals surface area contributed by atoms with Gasteiger partial charge in [-0.2, -0.15) is 5.09 Å². The standard InChI is InChI=1S/C23H29BrFN4O9P/c1-12(2)35-21(32)13(3)29-39(33,38-14-8-6-5-7-9-14)34-11-15-18(30)23(4,25)22(36-15)37-20-17(19(26)31)28-16(24)10-27-20/h5-10,12-13,15,18,22,30H,11H2,1-4H3,(H2,26,31)(H,29,33)/t13-,15-,18-,22+,23-,39?/m1/s1. The second-order valence-corrected chi connectivity index (χ2v) is 11.5. The van der Waals surface area contributed by atoms with Crippen molar-refractivity contribution < 1.29 is 46.9 Å². The van der Waals surface area contributed by atoms with Crippen LogP contribution in [0.3, 0.4) is 0 Å². The number of nitrogens with one attached hydrogen (secondary N) is 1. The number of nitrogens with two attached hydrogens (primary N) is 1. The number of carbonyl (C=O) groups excluding carboxylic acids is 2. The molecular formula is C23H29BrFN4O9P. The quantitative estimate of drug-likeness (QED) is 0.230. The first kappa shape index (κ1) is 30.9. The van der Waals surface area contributed by atoms with E-state index in [1.165, 1.54) is 25.3 Å². The summed E-state index contributed by atoms with van der Waals surface area (Å²) in [5.41, 5.74) is 2.36. The molecule has 16 heteroatoms. The van der Waals surface area contributed by atoms with Crippen LogP contribution in [0.4, 0.5) is 4.39 Å². The number of rotatable bonds is 12. The average molecular weight is 635 g/mol. The van der Waals surface area contributed by atoms with Crippen LogP contribution in [0.5, 0.6) is 11.6 Å². The summed E-state index contributed by atoms with van der Waals surface area (Å²) in [5, 5.41) is 13.1. The van der Waals surface area contributed by atoms with E-state index in [4.69, 9.17) is 29.0 Å². The van der Waals surface area contributed by atoms with Crippen LogP contribution < -0.4 is 20.1 Å². The van der Waals surface area contributed by atoms with Crippen LogP contribution in [0.2, 0.25) is 0 Å². The van der Waals surface area contributed by atoms with Gasteiger partial charge in [-0.3, -0.25) is 14.1 Å². The Morgan fingerprint density at radius 3 is 2.59 bits per heavy atom. The minimum absolute atomic E-state index is 0.148. The highest BCUT2D eigenvalue weighted by molar-refractivity contribution is 9.10. The average Bonchev–Trinajstić information content (AvgIpc) is 3.06. The number of ether oxygens (including phenoxy) is 3. The van der Waals surface area contributed by atoms with Gasteiger partial charge in [0.15, 0.2) is 11.4 Å². The largest absolute Gasteiger partial charge is 0.462 e. The van der Waals surface area contributed by atoms with Crippen molar-refractivity contribution in [2.75, 3.05) is 6.61 Å². The van der Waals surface area contributed by atoms with Gasteiger partial charge >= 0.3 is 13.7 Å². The van der Waals surface area contributed by atoms with Gasteiger partial charge in [-0.25, -0.2) is 18.9 Å². The Balaban J connectivity index is 1.77. The molecular weight excluding hydrogens is 606 g/mol. The summed E-state index contributed by atoms with van der Waals surface area (Å²) < 4.78 is 56.4. The summed E-state index contributed by atoms with van der Waals surface area (Å²) in [7, 11) is -4.32. The van der Waals surface area contributed by atoms with Crippen LogP contribution in [-0.4, -0.2) is 69.9 Å². The number of aliphatic hydroxyl groups excluding tert-OH is 1. The molecule has 4 N–H and O–H groups in total. The third-order valence-corrected chi connectivity index (χ3v) is 7.31. The number of carbonyl (C=O) groups is 2. The van der Waals surface area contributed by atoms with Crippen LogP contribution >= 0.6 is 23.7 Å². The summed E-state index contributed by atoms with van der Waals surface area (Å²) in [4.78, 5) is 31.8. The van der Waals surface area contributed by atoms with Gasteiger partial charge in [0, 0.05) is 0 Å². The Hall–Kier alpha value is -2.68. The maximum atomic E-state index is 15.5. The topological polar surface area (TPSA) is 181 Å². The highest BCUT2D eigenvalue weighted by Crippen LogP contribution is 2.46. The number of halogens is 2. The fourth-order valence-electron chi connectivity index (χ4n) is 3.35. The molecule has 2 aromatic rings. The zero-order chi connectivity index (χ0) is 29.0. The van der Waals surface area contributed by atoms with Crippen LogP contribution in [0.15, 0.2) is 41.1 Å². The lowest BCUT2D eigenvalue weighted by Crippen LogP contribution is -2.44. The molecule has 1 aliphatic rings. The fraction of sp³-hybridized carbons (Fsp3) is 0.478. The first-order valence-corrected chi connectivity index (χ1v) is 14.0. The highest BCUT2D eigenvalue weighted by atomic mass is 79.9. The van der Waals surface area contributed by atoms with Crippen molar-refractivity contribution in [2.45, 2.75) is 64.0 Å². The number of aromatic nitrogens is 2. The van der Waals surface area contributed by atoms with Crippen LogP contribution in [0, 0.1) is 0 Å². The third-order valence-electron chi connectivity index (χ3n) is 5.29. The molecule has 1 amide bonds. The summed E-state index contributed by atoms with van der Waals surface area (Å²) in [6.07, 6.45) is -4.27. The van der Waals surface area contributed by atoms with Gasteiger partial charge < -0.3 is 29.6 Å². The minimum atomic E-state index is -4.32. The van der Waals surface area contributed by atoms with Gasteiger partial charge in [-0.15, -0.1) is 0 Å². The van der Waals surface area contributed by atoms with Crippen molar-refractivity contribution in [3.05, 3.63) is 46.8 Å². The van der Waals surface area contributed by atoms with E-state index in [0.717, 1.165) is 6.92 Å². The molecule has 0 spiro atoms. The number of benzene rings is 1. The Kier molecular flexibility index (Phi) is 10.0. The molecule has 1 saturated heterocycles. The molecule has 6 atom stereocenters. The first-order valence-electron chi connectivity index (χ1n) is 11.7. The molecule has 214 valence electrons. The number of primary amides is 1. The number of alkyl halides is 1. The molecule has 1 aromatic carbocycles. The zero-order valence-electron chi connectivity index (χ0n) is 21.4. The summed E-state index contributed by atoms with van der Waals surface area (Å²) in [6.45, 7) is 5.05. The number of aliphatic hydroxyl groups is 1. The predicted molar refractivity (Wildman–Crippen MR) is 138 cm³/mol. The van der Waals surface area contributed by atoms with E-state index in [-0.39, 0.29) is 10.4 Å². The second-order valence-electron chi connectivity index (χ2n) is 8.97. The molecule has 39 heavy (non-hydrogen) atoms. The molecule has 13 nitrogen and oxygen atoms in total. The number of hydrogen-bond donors (Lipinski definition) is 3. The molecule has 0 bridgehead atoms. The smallest absolute Gasteiger partial charge is 0.459 e. The van der Waals surface area contributed by atoms with E-state index >= 15 is 4.39 Å². The molecule has 1 unspecified atom stereocenters. The number of esters is 1. The highest BCUT2D eigenvalue weighted by Gasteiger charge is 2.56. The third kappa shape index (κ3) is 7.93. The Morgan fingerprint density at radius 1 is 1.31 bits per heavy atom. The maximum Gasteiger partial charge on any atom is 0.459 e. The van der Waals surface area contributed by atoms with Crippen LogP contribution in [0.25, 0.3) is 0 Å². The van der Waals surface area contributed by atoms with Crippen molar-refractivity contribution in [3.63, 3.8) is 0 Å². The predicted octanol–water partition coefficient (Wildman–Crippen LogP) is 2.66. The Bertz CT molecular complexity index is 1220. The summed E-state index contributed by atoms with van der Waals surface area (Å²) in [5.74, 6) is -1.98. The van der Waals surface area contributed by atoms with Crippen LogP contribution in [0.1, 0.15) is 38.2 Å². The first-order chi connectivity index (χ1) is 18.2. The van der Waals surface area contributed by atoms with Gasteiger partial charge in [0.05, 0.1) is 18.9 Å². The van der Waals surface area contributed by atoms with Gasteiger partial charge in [0.25, 0.3) is 5.91 Å². The molecule has 2 heterocycles. The molecule has 0 radical (unpaired) electrons. The van der Waals surface area contributed by atoms with Gasteiger partial charge in [-0.1, -0.05) is 18.2 Å². The fourth-order valence-corrected chi connectivity index (χ4v) is 5.13. The van der Waals surface area contributed by atoms with Gasteiger partial charge in [0.1, 0.15) is 28.6 Å². The normalized spacial score (nSPS) is 25.1. The van der Waals surface area contributed by atoms with E-state index in [1.54, 1.807) is 32.0 Å². The van der Waals surface area contributed by atoms with E-state index in [2.05, 4.69) is 31.0 Å². The summed E-state index contributed by atoms with van der Waals surface area (Å²) >= 11 is 3.05. The molecule has 0 aliphatic carbocycles. The van der Waals surface area contributed by atoms with Crippen molar-refractivity contribution in [1.82, 2.24) is 15.1 Å².